The molecule has 0 spiro atoms. The van der Waals surface area contributed by atoms with Crippen molar-refractivity contribution < 1.29 is 0 Å². The van der Waals surface area contributed by atoms with Crippen LogP contribution in [-0.4, -0.2) is 25.9 Å². The van der Waals surface area contributed by atoms with Gasteiger partial charge in [0.05, 0.1) is 22.3 Å². The molecule has 1 atom stereocenters. The van der Waals surface area contributed by atoms with Crippen molar-refractivity contribution in [3.05, 3.63) is 28.5 Å². The highest BCUT2D eigenvalue weighted by Crippen LogP contribution is 2.27. The summed E-state index contributed by atoms with van der Waals surface area (Å²) in [6.07, 6.45) is 5.01. The maximum atomic E-state index is 4.27. The fourth-order valence-corrected chi connectivity index (χ4v) is 2.92. The minimum Gasteiger partial charge on any atom is -0.304 e. The topological polar surface area (TPSA) is 55.6 Å². The molecule has 0 saturated heterocycles. The zero-order valence-corrected chi connectivity index (χ0v) is 12.6. The van der Waals surface area contributed by atoms with E-state index in [0.29, 0.717) is 0 Å². The highest BCUT2D eigenvalue weighted by atomic mass is 32.1. The van der Waals surface area contributed by atoms with E-state index in [9.17, 15) is 0 Å². The summed E-state index contributed by atoms with van der Waals surface area (Å²) >= 11 is 1.49. The van der Waals surface area contributed by atoms with Crippen LogP contribution in [0.25, 0.3) is 0 Å². The van der Waals surface area contributed by atoms with Gasteiger partial charge in [0.2, 0.25) is 0 Å². The molecule has 19 heavy (non-hydrogen) atoms. The second-order valence-corrected chi connectivity index (χ2v) is 5.39. The lowest BCUT2D eigenvalue weighted by Crippen LogP contribution is -2.25. The van der Waals surface area contributed by atoms with Gasteiger partial charge in [-0.05, 0) is 37.0 Å². The van der Waals surface area contributed by atoms with Crippen LogP contribution in [0.15, 0.2) is 12.3 Å². The summed E-state index contributed by atoms with van der Waals surface area (Å²) in [5.74, 6) is 0. The highest BCUT2D eigenvalue weighted by molar-refractivity contribution is 7.05. The molecule has 104 valence electrons. The first-order valence-corrected chi connectivity index (χ1v) is 7.57. The SMILES string of the molecule is CCCNC(c1snnc1CCC)c1ccnn1C. The minimum atomic E-state index is 0.147. The van der Waals surface area contributed by atoms with E-state index >= 15 is 0 Å². The van der Waals surface area contributed by atoms with Gasteiger partial charge >= 0.3 is 0 Å². The lowest BCUT2D eigenvalue weighted by atomic mass is 10.1. The molecule has 5 nitrogen and oxygen atoms in total. The Bertz CT molecular complexity index is 505. The van der Waals surface area contributed by atoms with Gasteiger partial charge in [0, 0.05) is 13.2 Å². The molecule has 0 bridgehead atoms. The van der Waals surface area contributed by atoms with E-state index in [1.165, 1.54) is 16.4 Å². The number of rotatable bonds is 7. The molecule has 2 rings (SSSR count). The number of hydrogen-bond acceptors (Lipinski definition) is 5. The maximum Gasteiger partial charge on any atom is 0.0877 e. The molecular weight excluding hydrogens is 258 g/mol. The average Bonchev–Trinajstić information content (AvgIpc) is 3.01. The van der Waals surface area contributed by atoms with E-state index in [4.69, 9.17) is 0 Å². The molecule has 0 aliphatic carbocycles. The average molecular weight is 279 g/mol. The Morgan fingerprint density at radius 1 is 1.37 bits per heavy atom. The van der Waals surface area contributed by atoms with Gasteiger partial charge in [-0.1, -0.05) is 24.8 Å². The van der Waals surface area contributed by atoms with Crippen LogP contribution in [0, 0.1) is 0 Å². The third-order valence-corrected chi connectivity index (χ3v) is 3.92. The molecule has 6 heteroatoms. The van der Waals surface area contributed by atoms with Crippen molar-refractivity contribution >= 4 is 11.5 Å². The number of aryl methyl sites for hydroxylation is 2. The molecule has 0 fully saturated rings. The van der Waals surface area contributed by atoms with Gasteiger partial charge in [-0.2, -0.15) is 5.10 Å². The Morgan fingerprint density at radius 2 is 2.21 bits per heavy atom. The highest BCUT2D eigenvalue weighted by Gasteiger charge is 2.22. The van der Waals surface area contributed by atoms with Crippen LogP contribution in [0.4, 0.5) is 0 Å². The molecule has 2 heterocycles. The summed E-state index contributed by atoms with van der Waals surface area (Å²) in [6, 6.07) is 2.21. The molecule has 2 aromatic rings. The smallest absolute Gasteiger partial charge is 0.0877 e. The fraction of sp³-hybridized carbons (Fsp3) is 0.615. The van der Waals surface area contributed by atoms with E-state index < -0.39 is 0 Å². The summed E-state index contributed by atoms with van der Waals surface area (Å²) in [4.78, 5) is 1.22. The van der Waals surface area contributed by atoms with E-state index in [2.05, 4.69) is 39.9 Å². The Morgan fingerprint density at radius 3 is 2.84 bits per heavy atom. The fourth-order valence-electron chi connectivity index (χ4n) is 2.13. The van der Waals surface area contributed by atoms with Crippen molar-refractivity contribution in [2.24, 2.45) is 7.05 Å². The zero-order valence-electron chi connectivity index (χ0n) is 11.8. The second-order valence-electron chi connectivity index (χ2n) is 4.60. The molecular formula is C13H21N5S. The molecule has 2 aromatic heterocycles. The molecule has 0 aliphatic rings. The van der Waals surface area contributed by atoms with E-state index in [1.807, 2.05) is 17.9 Å². The Labute approximate surface area is 118 Å². The predicted molar refractivity (Wildman–Crippen MR) is 77.2 cm³/mol. The van der Waals surface area contributed by atoms with Crippen molar-refractivity contribution in [2.75, 3.05) is 6.54 Å². The van der Waals surface area contributed by atoms with E-state index in [0.717, 1.165) is 37.2 Å². The molecule has 0 amide bonds. The van der Waals surface area contributed by atoms with Crippen LogP contribution in [0.5, 0.6) is 0 Å². The number of hydrogen-bond donors (Lipinski definition) is 1. The second kappa shape index (κ2) is 6.77. The van der Waals surface area contributed by atoms with Crippen LogP contribution < -0.4 is 5.32 Å². The van der Waals surface area contributed by atoms with Crippen LogP contribution in [-0.2, 0) is 13.5 Å². The van der Waals surface area contributed by atoms with Gasteiger partial charge in [0.15, 0.2) is 0 Å². The first-order chi connectivity index (χ1) is 9.27. The number of nitrogens with zero attached hydrogens (tertiary/aromatic N) is 4. The predicted octanol–water partition coefficient (Wildman–Crippen LogP) is 2.31. The first kappa shape index (κ1) is 14.1. The van der Waals surface area contributed by atoms with Gasteiger partial charge in [-0.3, -0.25) is 4.68 Å². The molecule has 1 unspecified atom stereocenters. The van der Waals surface area contributed by atoms with E-state index in [-0.39, 0.29) is 6.04 Å². The van der Waals surface area contributed by atoms with Gasteiger partial charge in [0.25, 0.3) is 0 Å². The summed E-state index contributed by atoms with van der Waals surface area (Å²) in [6.45, 7) is 5.31. The molecule has 0 radical (unpaired) electrons. The van der Waals surface area contributed by atoms with E-state index in [1.54, 1.807) is 0 Å². The zero-order chi connectivity index (χ0) is 13.7. The Balaban J connectivity index is 2.31. The standard InChI is InChI=1S/C13H21N5S/c1-4-6-10-13(19-17-16-10)12(14-8-5-2)11-7-9-15-18(11)3/h7,9,12,14H,4-6,8H2,1-3H3. The monoisotopic (exact) mass is 279 g/mol. The Kier molecular flexibility index (Phi) is 5.04. The van der Waals surface area contributed by atoms with Gasteiger partial charge in [-0.15, -0.1) is 5.10 Å². The molecule has 0 saturated carbocycles. The van der Waals surface area contributed by atoms with Crippen molar-refractivity contribution in [2.45, 2.75) is 39.2 Å². The third-order valence-electron chi connectivity index (χ3n) is 3.09. The first-order valence-electron chi connectivity index (χ1n) is 6.80. The number of aromatic nitrogens is 4. The van der Waals surface area contributed by atoms with Crippen LogP contribution >= 0.6 is 11.5 Å². The molecule has 0 aromatic carbocycles. The lowest BCUT2D eigenvalue weighted by Gasteiger charge is -2.18. The molecule has 0 aliphatic heterocycles. The summed E-state index contributed by atoms with van der Waals surface area (Å²) in [5.41, 5.74) is 2.28. The van der Waals surface area contributed by atoms with Gasteiger partial charge in [0.1, 0.15) is 0 Å². The largest absolute Gasteiger partial charge is 0.304 e. The Hall–Kier alpha value is -1.27. The van der Waals surface area contributed by atoms with Crippen molar-refractivity contribution in [1.29, 1.82) is 0 Å². The molecule has 1 N–H and O–H groups in total. The van der Waals surface area contributed by atoms with Crippen molar-refractivity contribution in [3.63, 3.8) is 0 Å². The quantitative estimate of drug-likeness (QED) is 0.845. The summed E-state index contributed by atoms with van der Waals surface area (Å²) in [5, 5.41) is 12.1. The summed E-state index contributed by atoms with van der Waals surface area (Å²) < 4.78 is 6.05. The van der Waals surface area contributed by atoms with Crippen LogP contribution in [0.3, 0.4) is 0 Å². The normalized spacial score (nSPS) is 12.8. The lowest BCUT2D eigenvalue weighted by molar-refractivity contribution is 0.555. The third kappa shape index (κ3) is 3.19. The van der Waals surface area contributed by atoms with Gasteiger partial charge < -0.3 is 5.32 Å². The minimum absolute atomic E-state index is 0.147. The van der Waals surface area contributed by atoms with Crippen molar-refractivity contribution in [1.82, 2.24) is 24.7 Å². The maximum absolute atomic E-state index is 4.27. The van der Waals surface area contributed by atoms with Gasteiger partial charge in [-0.25, -0.2) is 0 Å². The van der Waals surface area contributed by atoms with Crippen LogP contribution in [0.2, 0.25) is 0 Å². The van der Waals surface area contributed by atoms with Crippen molar-refractivity contribution in [3.8, 4) is 0 Å². The van der Waals surface area contributed by atoms with Crippen LogP contribution in [0.1, 0.15) is 49.0 Å². The number of nitrogens with one attached hydrogen (secondary N) is 1. The summed E-state index contributed by atoms with van der Waals surface area (Å²) in [7, 11) is 1.98.